The molecule has 0 aromatic heterocycles. The standard InChI is InChI=1S/C25H22ClNO5/c1-27(15-17-2-11-22-23(14-17)31-13-12-30-22)24(28)16-32-21-9-5-19(6-10-21)25(29)18-3-7-20(26)8-4-18/h2-11,14H,12-13,15-16H2,1H3. The molecular weight excluding hydrogens is 430 g/mol. The van der Waals surface area contributed by atoms with Gasteiger partial charge >= 0.3 is 0 Å². The van der Waals surface area contributed by atoms with Gasteiger partial charge in [-0.2, -0.15) is 0 Å². The van der Waals surface area contributed by atoms with Gasteiger partial charge in [0.05, 0.1) is 0 Å². The molecule has 1 heterocycles. The number of fused-ring (bicyclic) bond motifs is 1. The summed E-state index contributed by atoms with van der Waals surface area (Å²) in [5.74, 6) is 1.65. The minimum atomic E-state index is -0.166. The van der Waals surface area contributed by atoms with Gasteiger partial charge in [-0.05, 0) is 66.2 Å². The number of ketones is 1. The second-order valence-corrected chi connectivity index (χ2v) is 7.81. The zero-order chi connectivity index (χ0) is 22.5. The summed E-state index contributed by atoms with van der Waals surface area (Å²) in [7, 11) is 1.72. The van der Waals surface area contributed by atoms with E-state index in [1.807, 2.05) is 18.2 Å². The Morgan fingerprint density at radius 1 is 0.906 bits per heavy atom. The molecule has 164 valence electrons. The van der Waals surface area contributed by atoms with Crippen molar-refractivity contribution in [3.8, 4) is 17.2 Å². The molecule has 0 radical (unpaired) electrons. The molecule has 0 unspecified atom stereocenters. The first-order chi connectivity index (χ1) is 15.5. The SMILES string of the molecule is CN(Cc1ccc2c(c1)OCCO2)C(=O)COc1ccc(C(=O)c2ccc(Cl)cc2)cc1. The van der Waals surface area contributed by atoms with E-state index in [0.29, 0.717) is 47.4 Å². The van der Waals surface area contributed by atoms with E-state index in [2.05, 4.69) is 0 Å². The van der Waals surface area contributed by atoms with E-state index >= 15 is 0 Å². The molecule has 0 saturated heterocycles. The molecule has 0 spiro atoms. The fourth-order valence-electron chi connectivity index (χ4n) is 3.27. The van der Waals surface area contributed by atoms with Gasteiger partial charge in [0.25, 0.3) is 5.91 Å². The predicted octanol–water partition coefficient (Wildman–Crippen LogP) is 4.38. The number of hydrogen-bond donors (Lipinski definition) is 0. The van der Waals surface area contributed by atoms with Crippen LogP contribution >= 0.6 is 11.6 Å². The summed E-state index contributed by atoms with van der Waals surface area (Å²) in [6.07, 6.45) is 0. The molecule has 6 nitrogen and oxygen atoms in total. The van der Waals surface area contributed by atoms with Crippen LogP contribution in [-0.4, -0.2) is 43.5 Å². The predicted molar refractivity (Wildman–Crippen MR) is 121 cm³/mol. The minimum absolute atomic E-state index is 0.106. The number of benzene rings is 3. The third kappa shape index (κ3) is 5.21. The van der Waals surface area contributed by atoms with Gasteiger partial charge in [0.15, 0.2) is 23.9 Å². The molecule has 3 aromatic carbocycles. The van der Waals surface area contributed by atoms with Crippen LogP contribution in [0.5, 0.6) is 17.2 Å². The summed E-state index contributed by atoms with van der Waals surface area (Å²) in [4.78, 5) is 26.6. The van der Waals surface area contributed by atoms with Crippen molar-refractivity contribution in [2.75, 3.05) is 26.9 Å². The molecule has 32 heavy (non-hydrogen) atoms. The Bertz CT molecular complexity index is 1110. The molecule has 3 aromatic rings. The highest BCUT2D eigenvalue weighted by Gasteiger charge is 2.15. The first kappa shape index (κ1) is 21.7. The topological polar surface area (TPSA) is 65.1 Å². The number of likely N-dealkylation sites (N-methyl/N-ethyl adjacent to an activating group) is 1. The van der Waals surface area contributed by atoms with Crippen molar-refractivity contribution in [1.29, 1.82) is 0 Å². The Balaban J connectivity index is 1.30. The van der Waals surface area contributed by atoms with Crippen molar-refractivity contribution in [2.24, 2.45) is 0 Å². The third-order valence-corrected chi connectivity index (χ3v) is 5.29. The van der Waals surface area contributed by atoms with Gasteiger partial charge in [-0.25, -0.2) is 0 Å². The average Bonchev–Trinajstić information content (AvgIpc) is 2.83. The van der Waals surface area contributed by atoms with Crippen LogP contribution < -0.4 is 14.2 Å². The quantitative estimate of drug-likeness (QED) is 0.499. The highest BCUT2D eigenvalue weighted by atomic mass is 35.5. The van der Waals surface area contributed by atoms with Gasteiger partial charge < -0.3 is 19.1 Å². The highest BCUT2D eigenvalue weighted by molar-refractivity contribution is 6.30. The van der Waals surface area contributed by atoms with E-state index in [0.717, 1.165) is 11.3 Å². The smallest absolute Gasteiger partial charge is 0.260 e. The zero-order valence-electron chi connectivity index (χ0n) is 17.5. The molecule has 1 aliphatic rings. The van der Waals surface area contributed by atoms with Crippen LogP contribution in [0.3, 0.4) is 0 Å². The Labute approximate surface area is 191 Å². The number of nitrogens with zero attached hydrogens (tertiary/aromatic N) is 1. The molecule has 1 aliphatic heterocycles. The molecule has 7 heteroatoms. The van der Waals surface area contributed by atoms with E-state index in [9.17, 15) is 9.59 Å². The van der Waals surface area contributed by atoms with Crippen LogP contribution in [0.4, 0.5) is 0 Å². The fraction of sp³-hybridized carbons (Fsp3) is 0.200. The molecule has 0 fully saturated rings. The zero-order valence-corrected chi connectivity index (χ0v) is 18.3. The maximum atomic E-state index is 12.5. The Hall–Kier alpha value is -3.51. The van der Waals surface area contributed by atoms with E-state index in [1.165, 1.54) is 0 Å². The van der Waals surface area contributed by atoms with Gasteiger partial charge in [-0.15, -0.1) is 0 Å². The van der Waals surface area contributed by atoms with Crippen molar-refractivity contribution < 1.29 is 23.8 Å². The fourth-order valence-corrected chi connectivity index (χ4v) is 3.40. The lowest BCUT2D eigenvalue weighted by Gasteiger charge is -2.21. The van der Waals surface area contributed by atoms with Crippen LogP contribution in [-0.2, 0) is 11.3 Å². The molecule has 4 rings (SSSR count). The summed E-state index contributed by atoms with van der Waals surface area (Å²) < 4.78 is 16.7. The number of amides is 1. The Morgan fingerprint density at radius 2 is 1.53 bits per heavy atom. The summed E-state index contributed by atoms with van der Waals surface area (Å²) in [6, 6.07) is 19.1. The Kier molecular flexibility index (Phi) is 6.61. The summed E-state index contributed by atoms with van der Waals surface area (Å²) in [5, 5.41) is 0.578. The molecular formula is C25H22ClNO5. The minimum Gasteiger partial charge on any atom is -0.486 e. The van der Waals surface area contributed by atoms with Crippen LogP contribution in [0.15, 0.2) is 66.7 Å². The first-order valence-electron chi connectivity index (χ1n) is 10.2. The van der Waals surface area contributed by atoms with E-state index < -0.39 is 0 Å². The number of rotatable bonds is 7. The number of carbonyl (C=O) groups excluding carboxylic acids is 2. The van der Waals surface area contributed by atoms with Crippen molar-refractivity contribution in [2.45, 2.75) is 6.54 Å². The van der Waals surface area contributed by atoms with Gasteiger partial charge in [-0.3, -0.25) is 9.59 Å². The van der Waals surface area contributed by atoms with Crippen molar-refractivity contribution in [3.63, 3.8) is 0 Å². The van der Waals surface area contributed by atoms with E-state index in [4.69, 9.17) is 25.8 Å². The third-order valence-electron chi connectivity index (χ3n) is 5.04. The second-order valence-electron chi connectivity index (χ2n) is 7.38. The molecule has 0 bridgehead atoms. The highest BCUT2D eigenvalue weighted by Crippen LogP contribution is 2.31. The molecule has 0 atom stereocenters. The van der Waals surface area contributed by atoms with Crippen LogP contribution in [0, 0.1) is 0 Å². The number of hydrogen-bond acceptors (Lipinski definition) is 5. The number of halogens is 1. The van der Waals surface area contributed by atoms with Crippen molar-refractivity contribution >= 4 is 23.3 Å². The van der Waals surface area contributed by atoms with E-state index in [-0.39, 0.29) is 18.3 Å². The van der Waals surface area contributed by atoms with Crippen LogP contribution in [0.2, 0.25) is 5.02 Å². The van der Waals surface area contributed by atoms with Gasteiger partial charge in [0.1, 0.15) is 19.0 Å². The molecule has 0 N–H and O–H groups in total. The molecule has 1 amide bonds. The van der Waals surface area contributed by atoms with Gasteiger partial charge in [0.2, 0.25) is 0 Å². The number of carbonyl (C=O) groups is 2. The maximum Gasteiger partial charge on any atom is 0.260 e. The monoisotopic (exact) mass is 451 g/mol. The average molecular weight is 452 g/mol. The first-order valence-corrected chi connectivity index (χ1v) is 10.5. The summed E-state index contributed by atoms with van der Waals surface area (Å²) in [6.45, 7) is 1.38. The second kappa shape index (κ2) is 9.75. The van der Waals surface area contributed by atoms with Crippen LogP contribution in [0.25, 0.3) is 0 Å². The molecule has 0 aliphatic carbocycles. The summed E-state index contributed by atoms with van der Waals surface area (Å²) in [5.41, 5.74) is 2.02. The lowest BCUT2D eigenvalue weighted by Crippen LogP contribution is -2.31. The van der Waals surface area contributed by atoms with Gasteiger partial charge in [-0.1, -0.05) is 17.7 Å². The lowest BCUT2D eigenvalue weighted by atomic mass is 10.0. The van der Waals surface area contributed by atoms with Crippen molar-refractivity contribution in [1.82, 2.24) is 4.90 Å². The summed E-state index contributed by atoms with van der Waals surface area (Å²) >= 11 is 5.87. The van der Waals surface area contributed by atoms with Crippen LogP contribution in [0.1, 0.15) is 21.5 Å². The number of ether oxygens (including phenoxy) is 3. The maximum absolute atomic E-state index is 12.5. The Morgan fingerprint density at radius 3 is 2.22 bits per heavy atom. The molecule has 0 saturated carbocycles. The lowest BCUT2D eigenvalue weighted by molar-refractivity contribution is -0.132. The largest absolute Gasteiger partial charge is 0.486 e. The van der Waals surface area contributed by atoms with Crippen molar-refractivity contribution in [3.05, 3.63) is 88.4 Å². The normalized spacial score (nSPS) is 12.2. The van der Waals surface area contributed by atoms with E-state index in [1.54, 1.807) is 60.5 Å². The van der Waals surface area contributed by atoms with Gasteiger partial charge in [0, 0.05) is 29.7 Å².